The number of aromatic nitrogens is 1. The smallest absolute Gasteiger partial charge is 0.0561 e. The first-order valence-corrected chi connectivity index (χ1v) is 21.6. The molecule has 0 bridgehead atoms. The second-order valence-corrected chi connectivity index (χ2v) is 16.2. The molecule has 0 saturated carbocycles. The van der Waals surface area contributed by atoms with E-state index in [9.17, 15) is 0 Å². The predicted octanol–water partition coefficient (Wildman–Crippen LogP) is 16.8. The molecule has 63 heavy (non-hydrogen) atoms. The van der Waals surface area contributed by atoms with Crippen molar-refractivity contribution < 1.29 is 0 Å². The Morgan fingerprint density at radius 2 is 0.714 bits per heavy atom. The second-order valence-electron chi connectivity index (χ2n) is 16.2. The summed E-state index contributed by atoms with van der Waals surface area (Å²) in [6, 6.07) is 90.2. The zero-order valence-electron chi connectivity index (χ0n) is 34.5. The third-order valence-corrected chi connectivity index (χ3v) is 12.5. The van der Waals surface area contributed by atoms with Crippen molar-refractivity contribution in [2.75, 3.05) is 9.80 Å². The maximum Gasteiger partial charge on any atom is 0.0561 e. The second kappa shape index (κ2) is 15.3. The summed E-state index contributed by atoms with van der Waals surface area (Å²) in [6.07, 6.45) is 0. The maximum absolute atomic E-state index is 2.41. The minimum Gasteiger partial charge on any atom is -0.310 e. The Labute approximate surface area is 366 Å². The number of benzene rings is 11. The van der Waals surface area contributed by atoms with Gasteiger partial charge in [0.25, 0.3) is 0 Å². The first-order chi connectivity index (χ1) is 31.2. The van der Waals surface area contributed by atoms with Crippen LogP contribution in [0.2, 0.25) is 0 Å². The summed E-state index contributed by atoms with van der Waals surface area (Å²) in [5.74, 6) is 0. The molecule has 0 aliphatic rings. The van der Waals surface area contributed by atoms with Crippen molar-refractivity contribution in [2.24, 2.45) is 0 Å². The highest BCUT2D eigenvalue weighted by atomic mass is 15.2. The summed E-state index contributed by atoms with van der Waals surface area (Å²) in [4.78, 5) is 4.74. The van der Waals surface area contributed by atoms with E-state index in [1.54, 1.807) is 0 Å². The molecule has 0 unspecified atom stereocenters. The van der Waals surface area contributed by atoms with Crippen LogP contribution in [-0.2, 0) is 0 Å². The summed E-state index contributed by atoms with van der Waals surface area (Å²) < 4.78 is 2.40. The van der Waals surface area contributed by atoms with Gasteiger partial charge in [0.2, 0.25) is 0 Å². The SMILES string of the molecule is c1ccc(N(c2ccccc2)c2cccc(N(c3cccc(-c4ccc5ccc6c7ccccc7ccc6c5c4)c3)c3ccc4c5ccccc5n(-c5ccccc5)c4c3)c2)cc1. The summed E-state index contributed by atoms with van der Waals surface area (Å²) >= 11 is 0. The van der Waals surface area contributed by atoms with Crippen molar-refractivity contribution in [1.29, 1.82) is 0 Å². The van der Waals surface area contributed by atoms with Gasteiger partial charge in [0.15, 0.2) is 0 Å². The minimum absolute atomic E-state index is 1.06. The van der Waals surface area contributed by atoms with Gasteiger partial charge in [0.1, 0.15) is 0 Å². The van der Waals surface area contributed by atoms with E-state index < -0.39 is 0 Å². The van der Waals surface area contributed by atoms with Crippen molar-refractivity contribution in [3.05, 3.63) is 249 Å². The van der Waals surface area contributed by atoms with E-state index in [0.717, 1.165) is 50.9 Å². The molecule has 0 atom stereocenters. The molecule has 0 fully saturated rings. The molecular weight excluding hydrogens is 763 g/mol. The molecule has 0 radical (unpaired) electrons. The highest BCUT2D eigenvalue weighted by Gasteiger charge is 2.20. The Balaban J connectivity index is 1.06. The molecule has 0 N–H and O–H groups in total. The van der Waals surface area contributed by atoms with Gasteiger partial charge >= 0.3 is 0 Å². The van der Waals surface area contributed by atoms with Crippen LogP contribution >= 0.6 is 0 Å². The van der Waals surface area contributed by atoms with Gasteiger partial charge in [0.05, 0.1) is 11.0 Å². The van der Waals surface area contributed by atoms with Gasteiger partial charge in [0, 0.05) is 50.6 Å². The van der Waals surface area contributed by atoms with Crippen molar-refractivity contribution in [3.8, 4) is 16.8 Å². The predicted molar refractivity (Wildman–Crippen MR) is 268 cm³/mol. The van der Waals surface area contributed by atoms with E-state index >= 15 is 0 Å². The van der Waals surface area contributed by atoms with Gasteiger partial charge in [-0.3, -0.25) is 0 Å². The molecule has 12 rings (SSSR count). The van der Waals surface area contributed by atoms with Crippen LogP contribution in [0.1, 0.15) is 0 Å². The molecule has 0 aliphatic heterocycles. The molecular formula is C60H41N3. The molecule has 0 amide bonds. The van der Waals surface area contributed by atoms with Crippen molar-refractivity contribution in [1.82, 2.24) is 4.57 Å². The van der Waals surface area contributed by atoms with Gasteiger partial charge < -0.3 is 14.4 Å². The molecule has 0 spiro atoms. The molecule has 1 heterocycles. The Bertz CT molecular complexity index is 3590. The highest BCUT2D eigenvalue weighted by molar-refractivity contribution is 6.18. The van der Waals surface area contributed by atoms with Gasteiger partial charge in [-0.1, -0.05) is 158 Å². The fraction of sp³-hybridized carbons (Fsp3) is 0. The molecule has 1 aromatic heterocycles. The van der Waals surface area contributed by atoms with E-state index in [2.05, 4.69) is 263 Å². The zero-order valence-corrected chi connectivity index (χ0v) is 34.5. The van der Waals surface area contributed by atoms with Crippen LogP contribution in [0.5, 0.6) is 0 Å². The Morgan fingerprint density at radius 1 is 0.238 bits per heavy atom. The molecule has 3 nitrogen and oxygen atoms in total. The van der Waals surface area contributed by atoms with E-state index in [4.69, 9.17) is 0 Å². The van der Waals surface area contributed by atoms with E-state index in [1.807, 2.05) is 0 Å². The van der Waals surface area contributed by atoms with Crippen molar-refractivity contribution in [2.45, 2.75) is 0 Å². The molecule has 12 aromatic rings. The average molecular weight is 804 g/mol. The Hall–Kier alpha value is -8.40. The highest BCUT2D eigenvalue weighted by Crippen LogP contribution is 2.44. The van der Waals surface area contributed by atoms with Crippen LogP contribution in [0.3, 0.4) is 0 Å². The first-order valence-electron chi connectivity index (χ1n) is 21.6. The largest absolute Gasteiger partial charge is 0.310 e. The standard InChI is InChI=1S/C60H41N3/c1-4-18-46(19-5-1)61(47-20-6-2-7-21-47)50-25-15-26-51(40-50)62(52-34-37-57-56-28-12-13-29-59(56)63(60(57)41-52)48-22-8-3-9-23-48)49-24-14-17-44(38-49)45-31-30-43-33-35-54-53-27-11-10-16-42(53)32-36-55(54)58(43)39-45/h1-41H. The first kappa shape index (κ1) is 36.5. The Morgan fingerprint density at radius 3 is 1.44 bits per heavy atom. The van der Waals surface area contributed by atoms with E-state index in [-0.39, 0.29) is 0 Å². The fourth-order valence-electron chi connectivity index (χ4n) is 9.60. The normalized spacial score (nSPS) is 11.5. The van der Waals surface area contributed by atoms with Crippen LogP contribution < -0.4 is 9.80 Å². The lowest BCUT2D eigenvalue weighted by Crippen LogP contribution is -2.13. The van der Waals surface area contributed by atoms with Gasteiger partial charge in [-0.15, -0.1) is 0 Å². The number of hydrogen-bond donors (Lipinski definition) is 0. The number of anilines is 6. The lowest BCUT2D eigenvalue weighted by molar-refractivity contribution is 1.18. The van der Waals surface area contributed by atoms with Crippen molar-refractivity contribution >= 4 is 88.2 Å². The number of rotatable bonds is 8. The number of nitrogens with zero attached hydrogens (tertiary/aromatic N) is 3. The Kier molecular flexibility index (Phi) is 8.83. The zero-order chi connectivity index (χ0) is 41.7. The summed E-state index contributed by atoms with van der Waals surface area (Å²) in [5.41, 5.74) is 12.3. The van der Waals surface area contributed by atoms with Crippen LogP contribution in [0.25, 0.3) is 70.9 Å². The van der Waals surface area contributed by atoms with Crippen molar-refractivity contribution in [3.63, 3.8) is 0 Å². The lowest BCUT2D eigenvalue weighted by atomic mass is 9.94. The average Bonchev–Trinajstić information content (AvgIpc) is 3.68. The number of hydrogen-bond acceptors (Lipinski definition) is 2. The maximum atomic E-state index is 2.41. The number of fused-ring (bicyclic) bond motifs is 8. The van der Waals surface area contributed by atoms with Crippen LogP contribution in [-0.4, -0.2) is 4.57 Å². The third kappa shape index (κ3) is 6.38. The molecule has 11 aromatic carbocycles. The van der Waals surface area contributed by atoms with E-state index in [0.29, 0.717) is 0 Å². The molecule has 296 valence electrons. The van der Waals surface area contributed by atoms with Gasteiger partial charge in [-0.05, 0) is 134 Å². The van der Waals surface area contributed by atoms with Gasteiger partial charge in [-0.2, -0.15) is 0 Å². The molecule has 0 saturated heterocycles. The van der Waals surface area contributed by atoms with Gasteiger partial charge in [-0.25, -0.2) is 0 Å². The molecule has 3 heteroatoms. The van der Waals surface area contributed by atoms with Crippen LogP contribution in [0, 0.1) is 0 Å². The summed E-state index contributed by atoms with van der Waals surface area (Å²) in [6.45, 7) is 0. The van der Waals surface area contributed by atoms with Crippen LogP contribution in [0.15, 0.2) is 249 Å². The van der Waals surface area contributed by atoms with E-state index in [1.165, 1.54) is 54.2 Å². The third-order valence-electron chi connectivity index (χ3n) is 12.5. The monoisotopic (exact) mass is 803 g/mol. The minimum atomic E-state index is 1.06. The lowest BCUT2D eigenvalue weighted by Gasteiger charge is -2.29. The fourth-order valence-corrected chi connectivity index (χ4v) is 9.60. The molecule has 0 aliphatic carbocycles. The summed E-state index contributed by atoms with van der Waals surface area (Å²) in [7, 11) is 0. The quantitative estimate of drug-likeness (QED) is 0.142. The van der Waals surface area contributed by atoms with Crippen LogP contribution in [0.4, 0.5) is 34.1 Å². The topological polar surface area (TPSA) is 11.4 Å². The number of para-hydroxylation sites is 4. The summed E-state index contributed by atoms with van der Waals surface area (Å²) in [5, 5.41) is 10.0.